The lowest BCUT2D eigenvalue weighted by Crippen LogP contribution is -2.10. The van der Waals surface area contributed by atoms with Crippen molar-refractivity contribution in [2.75, 3.05) is 4.90 Å². The van der Waals surface area contributed by atoms with Gasteiger partial charge in [-0.3, -0.25) is 0 Å². The first-order chi connectivity index (χ1) is 28.2. The van der Waals surface area contributed by atoms with Gasteiger partial charge in [0.05, 0.1) is 0 Å². The highest BCUT2D eigenvalue weighted by molar-refractivity contribution is 6.17. The molecule has 4 heteroatoms. The van der Waals surface area contributed by atoms with E-state index in [2.05, 4.69) is 187 Å². The molecule has 0 saturated heterocycles. The van der Waals surface area contributed by atoms with E-state index in [9.17, 15) is 0 Å². The Kier molecular flexibility index (Phi) is 7.78. The number of hydrogen-bond acceptors (Lipinski definition) is 4. The van der Waals surface area contributed by atoms with Crippen molar-refractivity contribution in [2.45, 2.75) is 0 Å². The molecule has 11 rings (SSSR count). The summed E-state index contributed by atoms with van der Waals surface area (Å²) < 4.78 is 13.7. The fourth-order valence-corrected chi connectivity index (χ4v) is 8.00. The molecule has 0 spiro atoms. The van der Waals surface area contributed by atoms with Crippen LogP contribution in [0.2, 0.25) is 0 Å². The van der Waals surface area contributed by atoms with Gasteiger partial charge in [-0.05, 0) is 92.7 Å². The summed E-state index contributed by atoms with van der Waals surface area (Å²) in [4.78, 5) is 7.41. The number of oxazole rings is 1. The van der Waals surface area contributed by atoms with Crippen LogP contribution in [-0.2, 0) is 0 Å². The predicted octanol–water partition coefficient (Wildman–Crippen LogP) is 15.0. The number of anilines is 3. The zero-order chi connectivity index (χ0) is 37.7. The van der Waals surface area contributed by atoms with Gasteiger partial charge in [0.1, 0.15) is 16.8 Å². The minimum absolute atomic E-state index is 0.558. The number of fused-ring (bicyclic) bond motifs is 5. The molecule has 0 unspecified atom stereocenters. The normalized spacial score (nSPS) is 11.5. The quantitative estimate of drug-likeness (QED) is 0.164. The van der Waals surface area contributed by atoms with Crippen LogP contribution in [0.4, 0.5) is 17.1 Å². The Morgan fingerprint density at radius 1 is 0.351 bits per heavy atom. The van der Waals surface area contributed by atoms with Gasteiger partial charge < -0.3 is 13.7 Å². The average Bonchev–Trinajstić information content (AvgIpc) is 3.89. The molecule has 0 bridgehead atoms. The Bertz CT molecular complexity index is 3200. The molecule has 0 N–H and O–H groups in total. The lowest BCUT2D eigenvalue weighted by Gasteiger charge is -2.26. The predicted molar refractivity (Wildman–Crippen MR) is 235 cm³/mol. The van der Waals surface area contributed by atoms with Crippen molar-refractivity contribution in [3.05, 3.63) is 206 Å². The van der Waals surface area contributed by atoms with Crippen LogP contribution in [0.15, 0.2) is 215 Å². The number of rotatable bonds is 7. The number of hydrogen-bond donors (Lipinski definition) is 0. The second kappa shape index (κ2) is 13.6. The molecule has 0 fully saturated rings. The lowest BCUT2D eigenvalue weighted by atomic mass is 10.00. The van der Waals surface area contributed by atoms with E-state index in [1.165, 1.54) is 16.5 Å². The Labute approximate surface area is 329 Å². The Morgan fingerprint density at radius 2 is 0.842 bits per heavy atom. The van der Waals surface area contributed by atoms with Crippen molar-refractivity contribution in [1.82, 2.24) is 4.98 Å². The molecule has 9 aromatic carbocycles. The van der Waals surface area contributed by atoms with Crippen molar-refractivity contribution in [3.63, 3.8) is 0 Å². The standard InChI is InChI=1S/C53H34N2O2/c1-3-11-35(12-4-1)38-19-21-39(22-20-38)41-27-31-45(32-28-41)55(44-29-25-40(26-30-44)36-13-5-2-6-14-36)50-51-47(46-17-9-10-18-49(46)56-51)34-48-52(50)57-53(54-48)43-24-23-37-15-7-8-16-42(37)33-43/h1-34H. The molecule has 2 aromatic heterocycles. The van der Waals surface area contributed by atoms with Crippen molar-refractivity contribution in [3.8, 4) is 44.8 Å². The maximum atomic E-state index is 6.88. The van der Waals surface area contributed by atoms with Gasteiger partial charge in [-0.1, -0.05) is 158 Å². The number of aromatic nitrogens is 1. The topological polar surface area (TPSA) is 42.4 Å². The summed E-state index contributed by atoms with van der Waals surface area (Å²) >= 11 is 0. The van der Waals surface area contributed by atoms with Gasteiger partial charge in [-0.15, -0.1) is 0 Å². The van der Waals surface area contributed by atoms with Gasteiger partial charge in [0.15, 0.2) is 11.2 Å². The lowest BCUT2D eigenvalue weighted by molar-refractivity contribution is 0.618. The molecule has 11 aromatic rings. The Morgan fingerprint density at radius 3 is 1.46 bits per heavy atom. The minimum atomic E-state index is 0.558. The summed E-state index contributed by atoms with van der Waals surface area (Å²) in [5.74, 6) is 0.558. The average molecular weight is 731 g/mol. The van der Waals surface area contributed by atoms with Gasteiger partial charge in [0.2, 0.25) is 5.89 Å². The summed E-state index contributed by atoms with van der Waals surface area (Å²) in [6.45, 7) is 0. The number of benzene rings is 9. The van der Waals surface area contributed by atoms with E-state index in [-0.39, 0.29) is 0 Å². The molecule has 0 aliphatic heterocycles. The Hall–Kier alpha value is -7.69. The molecule has 268 valence electrons. The number of furan rings is 1. The van der Waals surface area contributed by atoms with Crippen LogP contribution in [-0.4, -0.2) is 4.98 Å². The second-order valence-electron chi connectivity index (χ2n) is 14.4. The van der Waals surface area contributed by atoms with Gasteiger partial charge in [-0.25, -0.2) is 4.98 Å². The zero-order valence-electron chi connectivity index (χ0n) is 30.8. The number of para-hydroxylation sites is 1. The largest absolute Gasteiger partial charge is 0.454 e. The van der Waals surface area contributed by atoms with Crippen molar-refractivity contribution in [1.29, 1.82) is 0 Å². The SMILES string of the molecule is c1ccc(-c2ccc(-c3ccc(N(c4ccc(-c5ccccc5)cc4)c4c5oc(-c6ccc7ccccc7c6)nc5cc5c4oc4ccccc45)cc3)cc2)cc1. The van der Waals surface area contributed by atoms with Crippen LogP contribution < -0.4 is 4.90 Å². The van der Waals surface area contributed by atoms with E-state index in [1.54, 1.807) is 0 Å². The van der Waals surface area contributed by atoms with Crippen LogP contribution in [0.5, 0.6) is 0 Å². The zero-order valence-corrected chi connectivity index (χ0v) is 30.8. The molecule has 0 aliphatic rings. The summed E-state index contributed by atoms with van der Waals surface area (Å²) in [6, 6.07) is 72.1. The third kappa shape index (κ3) is 5.83. The minimum Gasteiger partial charge on any atom is -0.454 e. The third-order valence-corrected chi connectivity index (χ3v) is 10.9. The van der Waals surface area contributed by atoms with Crippen LogP contribution >= 0.6 is 0 Å². The van der Waals surface area contributed by atoms with Gasteiger partial charge in [0.25, 0.3) is 0 Å². The van der Waals surface area contributed by atoms with Crippen molar-refractivity contribution < 1.29 is 8.83 Å². The summed E-state index contributed by atoms with van der Waals surface area (Å²) in [5, 5.41) is 4.31. The van der Waals surface area contributed by atoms with Crippen LogP contribution in [0.3, 0.4) is 0 Å². The van der Waals surface area contributed by atoms with E-state index in [0.29, 0.717) is 11.5 Å². The maximum absolute atomic E-state index is 6.88. The van der Waals surface area contributed by atoms with Crippen LogP contribution in [0.25, 0.3) is 88.6 Å². The second-order valence-corrected chi connectivity index (χ2v) is 14.4. The molecule has 0 amide bonds. The van der Waals surface area contributed by atoms with Gasteiger partial charge in [0, 0.05) is 27.7 Å². The molecular formula is C53H34N2O2. The fourth-order valence-electron chi connectivity index (χ4n) is 8.00. The first-order valence-electron chi connectivity index (χ1n) is 19.2. The third-order valence-electron chi connectivity index (χ3n) is 10.9. The summed E-state index contributed by atoms with van der Waals surface area (Å²) in [6.07, 6.45) is 0. The van der Waals surface area contributed by atoms with E-state index >= 15 is 0 Å². The first-order valence-corrected chi connectivity index (χ1v) is 19.2. The smallest absolute Gasteiger partial charge is 0.227 e. The molecule has 0 atom stereocenters. The molecule has 2 heterocycles. The summed E-state index contributed by atoms with van der Waals surface area (Å²) in [7, 11) is 0. The molecule has 0 radical (unpaired) electrons. The van der Waals surface area contributed by atoms with Crippen LogP contribution in [0.1, 0.15) is 0 Å². The molecule has 57 heavy (non-hydrogen) atoms. The van der Waals surface area contributed by atoms with Crippen molar-refractivity contribution in [2.24, 2.45) is 0 Å². The van der Waals surface area contributed by atoms with E-state index in [1.807, 2.05) is 24.3 Å². The highest BCUT2D eigenvalue weighted by Gasteiger charge is 2.27. The molecule has 0 aliphatic carbocycles. The van der Waals surface area contributed by atoms with Crippen molar-refractivity contribution >= 4 is 60.9 Å². The maximum Gasteiger partial charge on any atom is 0.227 e. The van der Waals surface area contributed by atoms with E-state index in [0.717, 1.165) is 77.7 Å². The highest BCUT2D eigenvalue weighted by atomic mass is 16.4. The number of nitrogens with zero attached hydrogens (tertiary/aromatic N) is 2. The molecular weight excluding hydrogens is 697 g/mol. The highest BCUT2D eigenvalue weighted by Crippen LogP contribution is 2.48. The summed E-state index contributed by atoms with van der Waals surface area (Å²) in [5.41, 5.74) is 13.6. The Balaban J connectivity index is 1.10. The first kappa shape index (κ1) is 32.7. The van der Waals surface area contributed by atoms with E-state index < -0.39 is 0 Å². The van der Waals surface area contributed by atoms with Crippen LogP contribution in [0, 0.1) is 0 Å². The van der Waals surface area contributed by atoms with Gasteiger partial charge in [-0.2, -0.15) is 0 Å². The van der Waals surface area contributed by atoms with E-state index in [4.69, 9.17) is 13.8 Å². The molecule has 4 nitrogen and oxygen atoms in total. The fraction of sp³-hybridized carbons (Fsp3) is 0. The molecule has 0 saturated carbocycles. The van der Waals surface area contributed by atoms with Gasteiger partial charge >= 0.3 is 0 Å². The monoisotopic (exact) mass is 730 g/mol.